The highest BCUT2D eigenvalue weighted by molar-refractivity contribution is 6.01. The van der Waals surface area contributed by atoms with Crippen LogP contribution in [-0.4, -0.2) is 31.6 Å². The van der Waals surface area contributed by atoms with E-state index in [1.54, 1.807) is 36.4 Å². The van der Waals surface area contributed by atoms with E-state index in [0.717, 1.165) is 5.56 Å². The smallest absolute Gasteiger partial charge is 0.253 e. The average molecular weight is 431 g/mol. The molecule has 1 aliphatic rings. The average Bonchev–Trinajstić information content (AvgIpc) is 2.82. The van der Waals surface area contributed by atoms with Crippen molar-refractivity contribution in [2.24, 2.45) is 0 Å². The minimum Gasteiger partial charge on any atom is -0.486 e. The Morgan fingerprint density at radius 3 is 2.47 bits per heavy atom. The first-order valence-electron chi connectivity index (χ1n) is 10.4. The minimum atomic E-state index is -0.239. The number of fused-ring (bicyclic) bond motifs is 1. The van der Waals surface area contributed by atoms with Crippen LogP contribution in [0.2, 0.25) is 0 Å². The molecule has 0 saturated heterocycles. The number of hydrogen-bond acceptors (Lipinski definition) is 5. The number of carbonyl (C=O) groups is 2. The molecular weight excluding hydrogens is 406 g/mol. The quantitative estimate of drug-likeness (QED) is 0.530. The van der Waals surface area contributed by atoms with E-state index in [0.29, 0.717) is 48.2 Å². The van der Waals surface area contributed by atoms with Crippen LogP contribution in [-0.2, 0) is 11.3 Å². The molecule has 3 aromatic carbocycles. The van der Waals surface area contributed by atoms with Crippen molar-refractivity contribution in [1.29, 1.82) is 0 Å². The van der Waals surface area contributed by atoms with E-state index < -0.39 is 0 Å². The third-order valence-corrected chi connectivity index (χ3v) is 5.01. The normalized spacial score (nSPS) is 12.0. The maximum absolute atomic E-state index is 12.7. The number of rotatable bonds is 7. The Hall–Kier alpha value is -4.00. The van der Waals surface area contributed by atoms with Crippen molar-refractivity contribution in [3.05, 3.63) is 83.4 Å². The summed E-state index contributed by atoms with van der Waals surface area (Å²) in [5, 5.41) is 8.80. The highest BCUT2D eigenvalue weighted by atomic mass is 16.6. The number of benzene rings is 3. The Balaban J connectivity index is 1.33. The van der Waals surface area contributed by atoms with Crippen molar-refractivity contribution in [2.75, 3.05) is 30.4 Å². The molecule has 0 atom stereocenters. The third kappa shape index (κ3) is 5.37. The number of aryl methyl sites for hydroxylation is 1. The van der Waals surface area contributed by atoms with E-state index in [1.807, 2.05) is 37.3 Å². The molecule has 0 radical (unpaired) electrons. The van der Waals surface area contributed by atoms with Crippen LogP contribution < -0.4 is 25.4 Å². The molecule has 0 fully saturated rings. The van der Waals surface area contributed by atoms with Gasteiger partial charge >= 0.3 is 0 Å². The molecule has 3 N–H and O–H groups in total. The topological polar surface area (TPSA) is 88.7 Å². The number of anilines is 2. The fraction of sp³-hybridized carbons (Fsp3) is 0.200. The van der Waals surface area contributed by atoms with Gasteiger partial charge in [0.1, 0.15) is 13.2 Å². The van der Waals surface area contributed by atoms with Gasteiger partial charge < -0.3 is 25.4 Å². The molecule has 7 nitrogen and oxygen atoms in total. The Kier molecular flexibility index (Phi) is 6.55. The van der Waals surface area contributed by atoms with Crippen LogP contribution >= 0.6 is 0 Å². The van der Waals surface area contributed by atoms with Crippen LogP contribution in [0.15, 0.2) is 66.7 Å². The summed E-state index contributed by atoms with van der Waals surface area (Å²) in [4.78, 5) is 25.1. The number of para-hydroxylation sites is 1. The molecule has 0 aromatic heterocycles. The van der Waals surface area contributed by atoms with E-state index in [2.05, 4.69) is 16.0 Å². The second-order valence-electron chi connectivity index (χ2n) is 7.47. The van der Waals surface area contributed by atoms with Gasteiger partial charge in [-0.05, 0) is 36.8 Å². The van der Waals surface area contributed by atoms with Crippen molar-refractivity contribution in [3.63, 3.8) is 0 Å². The molecule has 4 rings (SSSR count). The summed E-state index contributed by atoms with van der Waals surface area (Å²) in [7, 11) is 0. The number of carbonyl (C=O) groups excluding carboxylic acids is 2. The van der Waals surface area contributed by atoms with Crippen LogP contribution in [0.5, 0.6) is 11.5 Å². The first kappa shape index (κ1) is 21.2. The highest BCUT2D eigenvalue weighted by Gasteiger charge is 2.14. The Morgan fingerprint density at radius 2 is 1.66 bits per heavy atom. The predicted molar refractivity (Wildman–Crippen MR) is 123 cm³/mol. The van der Waals surface area contributed by atoms with Gasteiger partial charge in [-0.25, -0.2) is 0 Å². The summed E-state index contributed by atoms with van der Waals surface area (Å²) in [5.74, 6) is 0.827. The minimum absolute atomic E-state index is 0.0106. The lowest BCUT2D eigenvalue weighted by Gasteiger charge is -2.19. The monoisotopic (exact) mass is 431 g/mol. The summed E-state index contributed by atoms with van der Waals surface area (Å²) in [6, 6.07) is 20.4. The van der Waals surface area contributed by atoms with Crippen LogP contribution in [0.4, 0.5) is 11.4 Å². The number of hydrogen-bond donors (Lipinski definition) is 3. The molecule has 0 bridgehead atoms. The number of amides is 2. The zero-order valence-corrected chi connectivity index (χ0v) is 17.8. The molecular formula is C25H25N3O4. The largest absolute Gasteiger partial charge is 0.486 e. The van der Waals surface area contributed by atoms with Gasteiger partial charge in [0.2, 0.25) is 5.91 Å². The van der Waals surface area contributed by atoms with E-state index >= 15 is 0 Å². The molecule has 1 aliphatic heterocycles. The van der Waals surface area contributed by atoms with Gasteiger partial charge in [0, 0.05) is 24.0 Å². The fourth-order valence-electron chi connectivity index (χ4n) is 3.32. The molecule has 0 unspecified atom stereocenters. The number of ether oxygens (including phenoxy) is 2. The summed E-state index contributed by atoms with van der Waals surface area (Å²) >= 11 is 0. The molecule has 164 valence electrons. The fourth-order valence-corrected chi connectivity index (χ4v) is 3.32. The maximum atomic E-state index is 12.7. The Labute approximate surface area is 186 Å². The first-order valence-corrected chi connectivity index (χ1v) is 10.4. The van der Waals surface area contributed by atoms with Crippen molar-refractivity contribution in [2.45, 2.75) is 13.5 Å². The lowest BCUT2D eigenvalue weighted by Crippen LogP contribution is -2.26. The van der Waals surface area contributed by atoms with Crippen LogP contribution in [0.3, 0.4) is 0 Å². The van der Waals surface area contributed by atoms with Crippen LogP contribution in [0.1, 0.15) is 21.5 Å². The molecule has 2 amide bonds. The van der Waals surface area contributed by atoms with Crippen molar-refractivity contribution in [1.82, 2.24) is 5.32 Å². The van der Waals surface area contributed by atoms with E-state index in [9.17, 15) is 9.59 Å². The summed E-state index contributed by atoms with van der Waals surface area (Å²) in [5.41, 5.74) is 3.88. The Bertz CT molecular complexity index is 1110. The molecule has 1 heterocycles. The molecule has 0 aliphatic carbocycles. The van der Waals surface area contributed by atoms with Gasteiger partial charge in [-0.15, -0.1) is 0 Å². The van der Waals surface area contributed by atoms with Gasteiger partial charge in [0.05, 0.1) is 12.1 Å². The Morgan fingerprint density at radius 1 is 0.906 bits per heavy atom. The molecule has 0 spiro atoms. The zero-order chi connectivity index (χ0) is 22.3. The van der Waals surface area contributed by atoms with Crippen molar-refractivity contribution in [3.8, 4) is 11.5 Å². The van der Waals surface area contributed by atoms with Gasteiger partial charge in [-0.2, -0.15) is 0 Å². The van der Waals surface area contributed by atoms with Crippen LogP contribution in [0, 0.1) is 6.92 Å². The number of nitrogens with one attached hydrogen (secondary N) is 3. The van der Waals surface area contributed by atoms with Gasteiger partial charge in [-0.3, -0.25) is 9.59 Å². The SMILES string of the molecule is Cc1ccc(CNC(=O)c2ccccc2NCC(=O)Nc2ccc3c(c2)OCCO3)cc1. The van der Waals surface area contributed by atoms with Gasteiger partial charge in [0.15, 0.2) is 11.5 Å². The van der Waals surface area contributed by atoms with E-state index in [4.69, 9.17) is 9.47 Å². The summed E-state index contributed by atoms with van der Waals surface area (Å²) in [6.45, 7) is 3.46. The maximum Gasteiger partial charge on any atom is 0.253 e. The third-order valence-electron chi connectivity index (χ3n) is 5.01. The standard InChI is InChI=1S/C25H25N3O4/c1-17-6-8-18(9-7-17)15-27-25(30)20-4-2-3-5-21(20)26-16-24(29)28-19-10-11-22-23(14-19)32-13-12-31-22/h2-11,14,26H,12-13,15-16H2,1H3,(H,27,30)(H,28,29). The van der Waals surface area contributed by atoms with E-state index in [1.165, 1.54) is 5.56 Å². The summed E-state index contributed by atoms with van der Waals surface area (Å²) in [6.07, 6.45) is 0. The van der Waals surface area contributed by atoms with Crippen molar-refractivity contribution < 1.29 is 19.1 Å². The lowest BCUT2D eigenvalue weighted by atomic mass is 10.1. The van der Waals surface area contributed by atoms with Gasteiger partial charge in [-0.1, -0.05) is 42.0 Å². The highest BCUT2D eigenvalue weighted by Crippen LogP contribution is 2.32. The van der Waals surface area contributed by atoms with Crippen LogP contribution in [0.25, 0.3) is 0 Å². The first-order chi connectivity index (χ1) is 15.6. The second-order valence-corrected chi connectivity index (χ2v) is 7.47. The van der Waals surface area contributed by atoms with Crippen molar-refractivity contribution >= 4 is 23.2 Å². The van der Waals surface area contributed by atoms with Gasteiger partial charge in [0.25, 0.3) is 5.91 Å². The predicted octanol–water partition coefficient (Wildman–Crippen LogP) is 3.75. The molecule has 32 heavy (non-hydrogen) atoms. The van der Waals surface area contributed by atoms with E-state index in [-0.39, 0.29) is 18.4 Å². The molecule has 7 heteroatoms. The second kappa shape index (κ2) is 9.87. The molecule has 3 aromatic rings. The zero-order valence-electron chi connectivity index (χ0n) is 17.8. The summed E-state index contributed by atoms with van der Waals surface area (Å²) < 4.78 is 11.0. The molecule has 0 saturated carbocycles. The lowest BCUT2D eigenvalue weighted by molar-refractivity contribution is -0.114.